The number of imidazole rings is 1. The van der Waals surface area contributed by atoms with E-state index in [1.54, 1.807) is 160 Å². The second kappa shape index (κ2) is 35.9. The molecule has 0 unspecified atom stereocenters. The Morgan fingerprint density at radius 3 is 1.42 bits per heavy atom. The Morgan fingerprint density at radius 1 is 0.374 bits per heavy atom. The lowest BCUT2D eigenvalue weighted by Gasteiger charge is -2.17. The lowest BCUT2D eigenvalue weighted by Crippen LogP contribution is -2.24. The second-order valence-electron chi connectivity index (χ2n) is 31.7. The second-order valence-corrected chi connectivity index (χ2v) is 31.7. The molecule has 22 rings (SSSR count). The highest BCUT2D eigenvalue weighted by molar-refractivity contribution is 6.28. The number of aromatic nitrogens is 13. The van der Waals surface area contributed by atoms with Crippen LogP contribution in [0.1, 0.15) is 114 Å². The first kappa shape index (κ1) is 85.6. The fourth-order valence-electron chi connectivity index (χ4n) is 16.4. The van der Waals surface area contributed by atoms with Gasteiger partial charge >= 0.3 is 6.18 Å². The standard InChI is InChI=1S/C22H16F2N4O.C21H14F2N4O.C20H14F4N2O.C18H16N4O.C17H14FN5O/c1-27-10-16-14(4-2-6-20(16)26-27)13-8-18(23)17(19(24)9-13)11-28-12-21-15(22(28)29)5-3-7-25-21;22-17-8-14(13-3-4-20-25-6-7-26(20)10-13)9-18(23)16(17)11-27-12-19-15(21(27)28)2-1-5-24-19;21-17-9-12(15-7-8-25-18(15)20(22,23)24)5-6-14(17)11-26-10-13-3-1-2-4-16(13)19(26)27;1-21-11-15(9-20-21)17-7-6-13(8-19-17)10-22-12-14-4-2-3-5-16(14)18(22)23;1-22-8-12(7-21-22)11-5-14(18)16(20-6-11)10-23-9-15-13(17(23)24)3-2-4-19-15/h2-10H,11-12H2,1H3;1-10H,11-12H2;1-7,9H,8,10-11H2;2-9,11H,10,12H2,1H3;2-8H,9-10H2,1H3. The summed E-state index contributed by atoms with van der Waals surface area (Å²) in [4.78, 5) is 98.6. The zero-order valence-electron chi connectivity index (χ0n) is 70.0. The van der Waals surface area contributed by atoms with E-state index < -0.39 is 46.8 Å². The molecule has 16 heterocycles. The molecular formula is C98H74F9N19O5. The predicted octanol–water partition coefficient (Wildman–Crippen LogP) is 17.1. The molecular weight excluding hydrogens is 1690 g/mol. The van der Waals surface area contributed by atoms with Crippen molar-refractivity contribution in [2.24, 2.45) is 26.1 Å². The Kier molecular flexibility index (Phi) is 23.4. The molecule has 10 aromatic heterocycles. The van der Waals surface area contributed by atoms with Gasteiger partial charge in [-0.05, 0) is 154 Å². The van der Waals surface area contributed by atoms with Gasteiger partial charge in [0.15, 0.2) is 0 Å². The largest absolute Gasteiger partial charge is 0.433 e. The number of hydrogen-bond acceptors (Lipinski definition) is 15. The summed E-state index contributed by atoms with van der Waals surface area (Å²) in [6, 6.07) is 48.7. The molecule has 0 N–H and O–H groups in total. The molecule has 131 heavy (non-hydrogen) atoms. The number of fused-ring (bicyclic) bond motifs is 7. The minimum absolute atomic E-state index is 0.0545. The number of aryl methyl sites for hydroxylation is 3. The quantitative estimate of drug-likeness (QED) is 0.0866. The number of nitrogens with zero attached hydrogens (tertiary/aromatic N) is 19. The molecule has 6 aromatic carbocycles. The number of rotatable bonds is 15. The van der Waals surface area contributed by atoms with E-state index in [1.807, 2.05) is 97.3 Å². The molecule has 0 atom stereocenters. The van der Waals surface area contributed by atoms with Crippen molar-refractivity contribution < 1.29 is 63.5 Å². The van der Waals surface area contributed by atoms with Crippen LogP contribution in [0.4, 0.5) is 39.5 Å². The van der Waals surface area contributed by atoms with Crippen molar-refractivity contribution in [2.75, 3.05) is 6.54 Å². The van der Waals surface area contributed by atoms with E-state index in [4.69, 9.17) is 0 Å². The number of allylic oxidation sites excluding steroid dienone is 1. The number of pyridine rings is 6. The molecule has 6 aliphatic rings. The van der Waals surface area contributed by atoms with Crippen molar-refractivity contribution >= 4 is 57.4 Å². The number of carbonyl (C=O) groups excluding carboxylic acids is 5. The first-order valence-corrected chi connectivity index (χ1v) is 41.2. The van der Waals surface area contributed by atoms with E-state index in [1.165, 1.54) is 63.2 Å². The minimum Gasteiger partial charge on any atom is -0.330 e. The lowest BCUT2D eigenvalue weighted by molar-refractivity contribution is -0.0571. The van der Waals surface area contributed by atoms with Crippen LogP contribution in [0.25, 0.3) is 66.8 Å². The number of hydrogen-bond donors (Lipinski definition) is 0. The fourth-order valence-corrected chi connectivity index (χ4v) is 16.4. The fraction of sp³-hybridized carbons (Fsp3) is 0.153. The van der Waals surface area contributed by atoms with Gasteiger partial charge in [0.2, 0.25) is 0 Å². The van der Waals surface area contributed by atoms with Crippen molar-refractivity contribution in [3.8, 4) is 44.6 Å². The topological polar surface area (TPSA) is 249 Å². The number of benzene rings is 6. The van der Waals surface area contributed by atoms with Crippen LogP contribution in [0.2, 0.25) is 0 Å². The Hall–Kier alpha value is -16.2. The van der Waals surface area contributed by atoms with Crippen LogP contribution in [0, 0.1) is 34.9 Å². The maximum atomic E-state index is 14.9. The normalized spacial score (nSPS) is 14.0. The third-order valence-electron chi connectivity index (χ3n) is 23.0. The molecule has 0 saturated heterocycles. The smallest absolute Gasteiger partial charge is 0.330 e. The Bertz CT molecular complexity index is 7240. The highest BCUT2D eigenvalue weighted by Crippen LogP contribution is 2.38. The first-order valence-electron chi connectivity index (χ1n) is 41.2. The molecule has 0 fully saturated rings. The molecule has 654 valence electrons. The summed E-state index contributed by atoms with van der Waals surface area (Å²) in [7, 11) is 5.48. The summed E-state index contributed by atoms with van der Waals surface area (Å²) >= 11 is 0. The Labute approximate surface area is 741 Å². The van der Waals surface area contributed by atoms with Crippen LogP contribution in [0.3, 0.4) is 0 Å². The van der Waals surface area contributed by atoms with Crippen molar-refractivity contribution in [1.82, 2.24) is 88.1 Å². The van der Waals surface area contributed by atoms with Crippen molar-refractivity contribution in [1.29, 1.82) is 0 Å². The summed E-state index contributed by atoms with van der Waals surface area (Å²) in [5.41, 5.74) is 14.2. The van der Waals surface area contributed by atoms with Gasteiger partial charge in [-0.15, -0.1) is 0 Å². The monoisotopic (exact) mass is 1770 g/mol. The van der Waals surface area contributed by atoms with Gasteiger partial charge in [-0.2, -0.15) is 28.5 Å². The van der Waals surface area contributed by atoms with Crippen LogP contribution in [0.15, 0.2) is 268 Å². The molecule has 6 aliphatic heterocycles. The van der Waals surface area contributed by atoms with Gasteiger partial charge in [0.25, 0.3) is 29.5 Å². The highest BCUT2D eigenvalue weighted by atomic mass is 19.4. The highest BCUT2D eigenvalue weighted by Gasteiger charge is 2.41. The van der Waals surface area contributed by atoms with Gasteiger partial charge in [-0.3, -0.25) is 67.9 Å². The maximum Gasteiger partial charge on any atom is 0.433 e. The van der Waals surface area contributed by atoms with Crippen molar-refractivity contribution in [2.45, 2.75) is 71.6 Å². The zero-order valence-corrected chi connectivity index (χ0v) is 70.0. The third kappa shape index (κ3) is 17.9. The predicted molar refractivity (Wildman–Crippen MR) is 466 cm³/mol. The molecule has 5 amide bonds. The first-order chi connectivity index (χ1) is 63.3. The van der Waals surface area contributed by atoms with Crippen LogP contribution in [-0.2, 0) is 86.6 Å². The molecule has 0 bridgehead atoms. The van der Waals surface area contributed by atoms with E-state index in [-0.39, 0.29) is 109 Å². The number of aliphatic imine (C=N–C) groups is 1. The average Bonchev–Trinajstić information content (AvgIpc) is 1.73. The van der Waals surface area contributed by atoms with Gasteiger partial charge in [-0.25, -0.2) is 31.3 Å². The molecule has 0 aliphatic carbocycles. The summed E-state index contributed by atoms with van der Waals surface area (Å²) in [6.07, 6.45) is 19.2. The maximum absolute atomic E-state index is 14.9. The third-order valence-corrected chi connectivity index (χ3v) is 23.0. The minimum atomic E-state index is -4.58. The number of alkyl halides is 3. The summed E-state index contributed by atoms with van der Waals surface area (Å²) in [5.74, 6) is -4.58. The van der Waals surface area contributed by atoms with Crippen LogP contribution in [0.5, 0.6) is 0 Å². The van der Waals surface area contributed by atoms with E-state index in [0.29, 0.717) is 87.6 Å². The summed E-state index contributed by atoms with van der Waals surface area (Å²) in [6.45, 7) is 2.29. The molecule has 33 heteroatoms. The van der Waals surface area contributed by atoms with E-state index in [2.05, 4.69) is 50.2 Å². The number of amides is 5. The van der Waals surface area contributed by atoms with Crippen molar-refractivity contribution in [3.05, 3.63) is 387 Å². The molecule has 16 aromatic rings. The Balaban J connectivity index is 0.000000110. The van der Waals surface area contributed by atoms with Gasteiger partial charge in [-0.1, -0.05) is 72.8 Å². The van der Waals surface area contributed by atoms with Gasteiger partial charge in [0.1, 0.15) is 46.3 Å². The Morgan fingerprint density at radius 2 is 0.885 bits per heavy atom. The summed E-state index contributed by atoms with van der Waals surface area (Å²) < 4.78 is 134. The number of carbonyl (C=O) groups is 5. The van der Waals surface area contributed by atoms with Crippen LogP contribution < -0.4 is 0 Å². The SMILES string of the molecule is Cn1cc(-c2ccc(CN3Cc4ccccc4C3=O)cn2)cn1.Cn1cc(-c2cnc(CN3Cc4ncccc4C3=O)c(F)c2)cn1.Cn1cc2c(-c3cc(F)c(CN4Cc5ncccc5C4=O)c(F)c3)cccc2n1.O=C1c2ccccc2CN1Cc1ccc(C2=CCN=C2C(F)(F)F)cc1F.O=C1c2cccnc2CN1Cc1c(F)cc(-c2ccc3nccn3c2)cc1F. The van der Waals surface area contributed by atoms with E-state index in [9.17, 15) is 63.5 Å². The van der Waals surface area contributed by atoms with Crippen molar-refractivity contribution in [3.63, 3.8) is 0 Å². The average molecular weight is 1770 g/mol. The van der Waals surface area contributed by atoms with Gasteiger partial charge in [0, 0.05) is 171 Å². The van der Waals surface area contributed by atoms with Gasteiger partial charge in [0.05, 0.1) is 109 Å². The molecule has 0 spiro atoms. The lowest BCUT2D eigenvalue weighted by atomic mass is 9.99. The van der Waals surface area contributed by atoms with Crippen LogP contribution in [-0.4, -0.2) is 136 Å². The molecule has 0 radical (unpaired) electrons. The molecule has 0 saturated carbocycles. The zero-order chi connectivity index (χ0) is 91.0. The van der Waals surface area contributed by atoms with Crippen LogP contribution >= 0.6 is 0 Å². The van der Waals surface area contributed by atoms with E-state index in [0.717, 1.165) is 67.4 Å². The molecule has 24 nitrogen and oxygen atoms in total. The number of halogens is 9. The van der Waals surface area contributed by atoms with Gasteiger partial charge < -0.3 is 28.9 Å². The summed E-state index contributed by atoms with van der Waals surface area (Å²) in [5, 5.41) is 13.4. The van der Waals surface area contributed by atoms with E-state index >= 15 is 0 Å².